The van der Waals surface area contributed by atoms with Crippen LogP contribution in [0.4, 0.5) is 4.39 Å². The summed E-state index contributed by atoms with van der Waals surface area (Å²) in [6.45, 7) is 6.90. The van der Waals surface area contributed by atoms with Crippen LogP contribution in [0.3, 0.4) is 0 Å². The van der Waals surface area contributed by atoms with E-state index in [4.69, 9.17) is 0 Å². The number of hydrogen-bond acceptors (Lipinski definition) is 1. The van der Waals surface area contributed by atoms with Crippen LogP contribution in [0.2, 0.25) is 0 Å². The lowest BCUT2D eigenvalue weighted by atomic mass is 10.1. The predicted molar refractivity (Wildman–Crippen MR) is 53.0 cm³/mol. The van der Waals surface area contributed by atoms with Gasteiger partial charge < -0.3 is 5.32 Å². The highest BCUT2D eigenvalue weighted by atomic mass is 19.1. The quantitative estimate of drug-likeness (QED) is 0.553. The van der Waals surface area contributed by atoms with Crippen molar-refractivity contribution < 1.29 is 4.39 Å². The first-order valence-corrected chi connectivity index (χ1v) is 4.30. The van der Waals surface area contributed by atoms with E-state index in [9.17, 15) is 4.39 Å². The molecule has 0 aliphatic rings. The highest BCUT2D eigenvalue weighted by molar-refractivity contribution is 5.23. The van der Waals surface area contributed by atoms with Crippen molar-refractivity contribution in [2.45, 2.75) is 13.5 Å². The molecule has 2 heteroatoms. The van der Waals surface area contributed by atoms with Crippen molar-refractivity contribution in [1.82, 2.24) is 5.32 Å². The number of hydrogen-bond donors (Lipinski definition) is 1. The molecule has 1 N–H and O–H groups in total. The fraction of sp³-hybridized carbons (Fsp3) is 0.273. The molecule has 1 aromatic carbocycles. The first kappa shape index (κ1) is 9.93. The van der Waals surface area contributed by atoms with Crippen molar-refractivity contribution in [2.75, 3.05) is 6.54 Å². The molecule has 0 atom stereocenters. The van der Waals surface area contributed by atoms with E-state index in [1.807, 2.05) is 6.07 Å². The molecule has 1 aromatic rings. The Bertz CT molecular complexity index is 294. The van der Waals surface area contributed by atoms with E-state index in [1.54, 1.807) is 19.1 Å². The second-order valence-electron chi connectivity index (χ2n) is 3.00. The highest BCUT2D eigenvalue weighted by Gasteiger charge is 1.97. The van der Waals surface area contributed by atoms with Crippen LogP contribution >= 0.6 is 0 Å². The topological polar surface area (TPSA) is 12.0 Å². The molecule has 70 valence electrons. The summed E-state index contributed by atoms with van der Waals surface area (Å²) in [5.74, 6) is -0.146. The summed E-state index contributed by atoms with van der Waals surface area (Å²) in [6, 6.07) is 5.14. The summed E-state index contributed by atoms with van der Waals surface area (Å²) in [5, 5.41) is 3.16. The van der Waals surface area contributed by atoms with Crippen LogP contribution < -0.4 is 5.32 Å². The molecule has 0 radical (unpaired) electrons. The molecule has 0 spiro atoms. The SMILES string of the molecule is C=CCNCc1ccc(F)c(C)c1. The number of halogens is 1. The molecular formula is C11H14FN. The number of rotatable bonds is 4. The Morgan fingerprint density at radius 2 is 2.31 bits per heavy atom. The molecule has 0 bridgehead atoms. The van der Waals surface area contributed by atoms with Gasteiger partial charge in [-0.25, -0.2) is 4.39 Å². The monoisotopic (exact) mass is 179 g/mol. The standard InChI is InChI=1S/C11H14FN/c1-3-6-13-8-10-4-5-11(12)9(2)7-10/h3-5,7,13H,1,6,8H2,2H3. The van der Waals surface area contributed by atoms with E-state index >= 15 is 0 Å². The van der Waals surface area contributed by atoms with E-state index in [0.29, 0.717) is 5.56 Å². The predicted octanol–water partition coefficient (Wildman–Crippen LogP) is 2.41. The van der Waals surface area contributed by atoms with Gasteiger partial charge in [0.1, 0.15) is 5.82 Å². The maximum atomic E-state index is 12.9. The minimum atomic E-state index is -0.146. The third-order valence-corrected chi connectivity index (χ3v) is 1.84. The average Bonchev–Trinajstić information content (AvgIpc) is 2.12. The largest absolute Gasteiger partial charge is 0.309 e. The number of benzene rings is 1. The van der Waals surface area contributed by atoms with E-state index in [1.165, 1.54) is 6.07 Å². The Hall–Kier alpha value is -1.15. The molecule has 0 amide bonds. The van der Waals surface area contributed by atoms with Gasteiger partial charge in [-0.1, -0.05) is 18.2 Å². The minimum Gasteiger partial charge on any atom is -0.309 e. The van der Waals surface area contributed by atoms with Crippen LogP contribution in [-0.2, 0) is 6.54 Å². The van der Waals surface area contributed by atoms with Crippen molar-refractivity contribution in [1.29, 1.82) is 0 Å². The highest BCUT2D eigenvalue weighted by Crippen LogP contribution is 2.08. The lowest BCUT2D eigenvalue weighted by molar-refractivity contribution is 0.616. The van der Waals surface area contributed by atoms with Gasteiger partial charge in [-0.15, -0.1) is 6.58 Å². The Morgan fingerprint density at radius 3 is 2.92 bits per heavy atom. The van der Waals surface area contributed by atoms with Gasteiger partial charge in [-0.05, 0) is 24.1 Å². The van der Waals surface area contributed by atoms with E-state index in [2.05, 4.69) is 11.9 Å². The van der Waals surface area contributed by atoms with Crippen LogP contribution in [0.25, 0.3) is 0 Å². The fourth-order valence-electron chi connectivity index (χ4n) is 1.14. The van der Waals surface area contributed by atoms with Gasteiger partial charge in [0.25, 0.3) is 0 Å². The zero-order valence-corrected chi connectivity index (χ0v) is 7.81. The van der Waals surface area contributed by atoms with Crippen LogP contribution in [0, 0.1) is 12.7 Å². The molecule has 13 heavy (non-hydrogen) atoms. The first-order chi connectivity index (χ1) is 6.24. The summed E-state index contributed by atoms with van der Waals surface area (Å²) >= 11 is 0. The zero-order valence-electron chi connectivity index (χ0n) is 7.81. The lowest BCUT2D eigenvalue weighted by Crippen LogP contribution is -2.12. The maximum Gasteiger partial charge on any atom is 0.126 e. The van der Waals surface area contributed by atoms with Crippen molar-refractivity contribution in [3.63, 3.8) is 0 Å². The van der Waals surface area contributed by atoms with Gasteiger partial charge in [0.05, 0.1) is 0 Å². The van der Waals surface area contributed by atoms with Gasteiger partial charge in [0.2, 0.25) is 0 Å². The van der Waals surface area contributed by atoms with Crippen LogP contribution in [-0.4, -0.2) is 6.54 Å². The zero-order chi connectivity index (χ0) is 9.68. The van der Waals surface area contributed by atoms with Gasteiger partial charge >= 0.3 is 0 Å². The summed E-state index contributed by atoms with van der Waals surface area (Å²) in [5.41, 5.74) is 1.79. The molecule has 0 heterocycles. The van der Waals surface area contributed by atoms with Crippen LogP contribution in [0.15, 0.2) is 30.9 Å². The van der Waals surface area contributed by atoms with E-state index in [0.717, 1.165) is 18.7 Å². The number of nitrogens with one attached hydrogen (secondary N) is 1. The molecule has 0 saturated heterocycles. The average molecular weight is 179 g/mol. The molecule has 1 rings (SSSR count). The molecule has 0 fully saturated rings. The molecule has 0 saturated carbocycles. The van der Waals surface area contributed by atoms with Crippen LogP contribution in [0.1, 0.15) is 11.1 Å². The third-order valence-electron chi connectivity index (χ3n) is 1.84. The van der Waals surface area contributed by atoms with Gasteiger partial charge in [0.15, 0.2) is 0 Å². The summed E-state index contributed by atoms with van der Waals surface area (Å²) in [6.07, 6.45) is 1.80. The second kappa shape index (κ2) is 4.77. The Morgan fingerprint density at radius 1 is 1.54 bits per heavy atom. The van der Waals surface area contributed by atoms with Crippen molar-refractivity contribution in [3.05, 3.63) is 47.8 Å². The van der Waals surface area contributed by atoms with Crippen molar-refractivity contribution >= 4 is 0 Å². The molecule has 0 aromatic heterocycles. The Balaban J connectivity index is 2.57. The summed E-state index contributed by atoms with van der Waals surface area (Å²) in [4.78, 5) is 0. The Kier molecular flexibility index (Phi) is 3.65. The molecule has 0 aliphatic carbocycles. The van der Waals surface area contributed by atoms with E-state index in [-0.39, 0.29) is 5.82 Å². The van der Waals surface area contributed by atoms with Crippen LogP contribution in [0.5, 0.6) is 0 Å². The first-order valence-electron chi connectivity index (χ1n) is 4.30. The minimum absolute atomic E-state index is 0.146. The fourth-order valence-corrected chi connectivity index (χ4v) is 1.14. The lowest BCUT2D eigenvalue weighted by Gasteiger charge is -2.03. The third kappa shape index (κ3) is 2.99. The summed E-state index contributed by atoms with van der Waals surface area (Å²) < 4.78 is 12.9. The van der Waals surface area contributed by atoms with Gasteiger partial charge in [0, 0.05) is 13.1 Å². The Labute approximate surface area is 78.3 Å². The smallest absolute Gasteiger partial charge is 0.126 e. The second-order valence-corrected chi connectivity index (χ2v) is 3.00. The normalized spacial score (nSPS) is 10.0. The molecule has 0 aliphatic heterocycles. The van der Waals surface area contributed by atoms with Gasteiger partial charge in [-0.2, -0.15) is 0 Å². The van der Waals surface area contributed by atoms with Crippen molar-refractivity contribution in [3.8, 4) is 0 Å². The van der Waals surface area contributed by atoms with Crippen molar-refractivity contribution in [2.24, 2.45) is 0 Å². The molecule has 0 unspecified atom stereocenters. The maximum absolute atomic E-state index is 12.9. The number of aryl methyl sites for hydroxylation is 1. The summed E-state index contributed by atoms with van der Waals surface area (Å²) in [7, 11) is 0. The molecule has 1 nitrogen and oxygen atoms in total. The molecular weight excluding hydrogens is 165 g/mol. The van der Waals surface area contributed by atoms with E-state index < -0.39 is 0 Å². The van der Waals surface area contributed by atoms with Gasteiger partial charge in [-0.3, -0.25) is 0 Å².